The maximum Gasteiger partial charge on any atom is 0.331 e. The number of nitrogens with zero attached hydrogens (tertiary/aromatic N) is 2. The molecule has 0 bridgehead atoms. The van der Waals surface area contributed by atoms with Crippen molar-refractivity contribution < 1.29 is 9.53 Å². The van der Waals surface area contributed by atoms with E-state index in [1.54, 1.807) is 0 Å². The first kappa shape index (κ1) is 21.1. The molecule has 0 spiro atoms. The van der Waals surface area contributed by atoms with Crippen LogP contribution in [0.15, 0.2) is 76.4 Å². The molecule has 3 aromatic rings. The lowest BCUT2D eigenvalue weighted by Gasteiger charge is -2.11. The van der Waals surface area contributed by atoms with Crippen LogP contribution in [0.4, 0.5) is 0 Å². The monoisotopic (exact) mass is 407 g/mol. The fourth-order valence-corrected chi connectivity index (χ4v) is 2.93. The maximum atomic E-state index is 12.7. The summed E-state index contributed by atoms with van der Waals surface area (Å²) in [4.78, 5) is 37.1. The zero-order valence-corrected chi connectivity index (χ0v) is 16.9. The van der Waals surface area contributed by atoms with Gasteiger partial charge in [0, 0.05) is 18.8 Å². The number of benzene rings is 2. The van der Waals surface area contributed by atoms with Gasteiger partial charge in [0.2, 0.25) is 5.91 Å². The average molecular weight is 407 g/mol. The molecule has 0 aliphatic heterocycles. The van der Waals surface area contributed by atoms with Crippen LogP contribution in [0.25, 0.3) is 0 Å². The van der Waals surface area contributed by atoms with Crippen LogP contribution in [0.1, 0.15) is 24.5 Å². The summed E-state index contributed by atoms with van der Waals surface area (Å²) in [5.74, 6) is 0.375. The summed E-state index contributed by atoms with van der Waals surface area (Å²) in [6.07, 6.45) is 2.39. The van der Waals surface area contributed by atoms with Crippen LogP contribution < -0.4 is 21.3 Å². The standard InChI is InChI=1S/C23H25N3O4/c1-2-14-30-20-10-8-18(9-11-20)15-24-21(27)17-26-22(28)12-13-25(23(26)29)16-19-6-4-3-5-7-19/h3-13H,2,14-17H2,1H3,(H,24,27). The van der Waals surface area contributed by atoms with Gasteiger partial charge in [-0.25, -0.2) is 4.79 Å². The highest BCUT2D eigenvalue weighted by atomic mass is 16.5. The van der Waals surface area contributed by atoms with E-state index in [9.17, 15) is 14.4 Å². The van der Waals surface area contributed by atoms with E-state index in [-0.39, 0.29) is 6.54 Å². The summed E-state index contributed by atoms with van der Waals surface area (Å²) >= 11 is 0. The van der Waals surface area contributed by atoms with Gasteiger partial charge in [-0.3, -0.25) is 18.7 Å². The Labute approximate surface area is 174 Å². The van der Waals surface area contributed by atoms with Crippen LogP contribution >= 0.6 is 0 Å². The zero-order valence-electron chi connectivity index (χ0n) is 16.9. The van der Waals surface area contributed by atoms with Crippen molar-refractivity contribution in [3.05, 3.63) is 98.8 Å². The van der Waals surface area contributed by atoms with Crippen LogP contribution in [0, 0.1) is 0 Å². The Morgan fingerprint density at radius 3 is 2.40 bits per heavy atom. The van der Waals surface area contributed by atoms with Crippen LogP contribution in [0.3, 0.4) is 0 Å². The lowest BCUT2D eigenvalue weighted by atomic mass is 10.2. The number of carbonyl (C=O) groups excluding carboxylic acids is 1. The van der Waals surface area contributed by atoms with Gasteiger partial charge >= 0.3 is 5.69 Å². The van der Waals surface area contributed by atoms with Crippen LogP contribution in [0.2, 0.25) is 0 Å². The Balaban J connectivity index is 1.62. The number of aromatic nitrogens is 2. The minimum Gasteiger partial charge on any atom is -0.494 e. The van der Waals surface area contributed by atoms with Crippen molar-refractivity contribution in [2.24, 2.45) is 0 Å². The van der Waals surface area contributed by atoms with E-state index in [1.165, 1.54) is 16.8 Å². The van der Waals surface area contributed by atoms with E-state index in [4.69, 9.17) is 4.74 Å². The van der Waals surface area contributed by atoms with Gasteiger partial charge < -0.3 is 10.1 Å². The minimum absolute atomic E-state index is 0.298. The maximum absolute atomic E-state index is 12.7. The summed E-state index contributed by atoms with van der Waals surface area (Å²) in [5.41, 5.74) is 0.811. The summed E-state index contributed by atoms with van der Waals surface area (Å²) in [6.45, 7) is 2.99. The summed E-state index contributed by atoms with van der Waals surface area (Å²) in [7, 11) is 0. The molecule has 7 heteroatoms. The Hall–Kier alpha value is -3.61. The van der Waals surface area contributed by atoms with Gasteiger partial charge in [0.25, 0.3) is 5.56 Å². The molecule has 30 heavy (non-hydrogen) atoms. The highest BCUT2D eigenvalue weighted by Gasteiger charge is 2.10. The first-order chi connectivity index (χ1) is 14.6. The summed E-state index contributed by atoms with van der Waals surface area (Å²) in [6, 6.07) is 18.2. The normalized spacial score (nSPS) is 10.6. The van der Waals surface area contributed by atoms with Gasteiger partial charge in [0.05, 0.1) is 13.2 Å². The Bertz CT molecular complexity index is 1090. The Morgan fingerprint density at radius 2 is 1.70 bits per heavy atom. The third-order valence-electron chi connectivity index (χ3n) is 4.52. The predicted octanol–water partition coefficient (Wildman–Crippen LogP) is 2.16. The molecule has 156 valence electrons. The first-order valence-electron chi connectivity index (χ1n) is 9.89. The third kappa shape index (κ3) is 5.70. The molecule has 1 N–H and O–H groups in total. The van der Waals surface area contributed by atoms with Crippen molar-refractivity contribution >= 4 is 5.91 Å². The molecule has 0 unspecified atom stereocenters. The molecule has 0 aliphatic rings. The van der Waals surface area contributed by atoms with Crippen LogP contribution in [0.5, 0.6) is 5.75 Å². The molecule has 3 rings (SSSR count). The highest BCUT2D eigenvalue weighted by Crippen LogP contribution is 2.12. The molecule has 0 aliphatic carbocycles. The van der Waals surface area contributed by atoms with Crippen LogP contribution in [-0.4, -0.2) is 21.6 Å². The average Bonchev–Trinajstić information content (AvgIpc) is 2.77. The van der Waals surface area contributed by atoms with Crippen LogP contribution in [-0.2, 0) is 24.4 Å². The number of hydrogen-bond acceptors (Lipinski definition) is 4. The van der Waals surface area contributed by atoms with Gasteiger partial charge in [0.15, 0.2) is 0 Å². The fourth-order valence-electron chi connectivity index (χ4n) is 2.93. The van der Waals surface area contributed by atoms with Gasteiger partial charge in [-0.15, -0.1) is 0 Å². The second kappa shape index (κ2) is 10.2. The summed E-state index contributed by atoms with van der Waals surface area (Å²) in [5, 5.41) is 2.75. The van der Waals surface area contributed by atoms with E-state index in [0.717, 1.165) is 27.9 Å². The lowest BCUT2D eigenvalue weighted by Crippen LogP contribution is -2.43. The molecule has 1 aromatic heterocycles. The molecule has 0 atom stereocenters. The van der Waals surface area contributed by atoms with Gasteiger partial charge in [0.1, 0.15) is 12.3 Å². The van der Waals surface area contributed by atoms with Gasteiger partial charge in [-0.05, 0) is 29.7 Å². The molecule has 0 radical (unpaired) electrons. The number of nitrogens with one attached hydrogen (secondary N) is 1. The number of carbonyl (C=O) groups is 1. The van der Waals surface area contributed by atoms with E-state index in [0.29, 0.717) is 19.7 Å². The molecule has 1 amide bonds. The smallest absolute Gasteiger partial charge is 0.331 e. The number of ether oxygens (including phenoxy) is 1. The molecule has 2 aromatic carbocycles. The second-order valence-electron chi connectivity index (χ2n) is 6.91. The SMILES string of the molecule is CCCOc1ccc(CNC(=O)Cn2c(=O)ccn(Cc3ccccc3)c2=O)cc1. The van der Waals surface area contributed by atoms with Crippen molar-refractivity contribution in [2.45, 2.75) is 33.0 Å². The summed E-state index contributed by atoms with van der Waals surface area (Å²) < 4.78 is 7.89. The molecule has 7 nitrogen and oxygen atoms in total. The van der Waals surface area contributed by atoms with E-state index in [2.05, 4.69) is 5.32 Å². The largest absolute Gasteiger partial charge is 0.494 e. The van der Waals surface area contributed by atoms with Gasteiger partial charge in [-0.1, -0.05) is 49.4 Å². The molecule has 0 saturated heterocycles. The molecular weight excluding hydrogens is 382 g/mol. The topological polar surface area (TPSA) is 82.3 Å². The minimum atomic E-state index is -0.515. The van der Waals surface area contributed by atoms with Crippen molar-refractivity contribution in [1.82, 2.24) is 14.5 Å². The molecular formula is C23H25N3O4. The second-order valence-corrected chi connectivity index (χ2v) is 6.91. The predicted molar refractivity (Wildman–Crippen MR) is 115 cm³/mol. The van der Waals surface area contributed by atoms with E-state index in [1.807, 2.05) is 61.5 Å². The van der Waals surface area contributed by atoms with Gasteiger partial charge in [-0.2, -0.15) is 0 Å². The molecule has 1 heterocycles. The zero-order chi connectivity index (χ0) is 21.3. The number of amides is 1. The molecule has 0 saturated carbocycles. The fraction of sp³-hybridized carbons (Fsp3) is 0.261. The van der Waals surface area contributed by atoms with Crippen molar-refractivity contribution in [3.63, 3.8) is 0 Å². The Morgan fingerprint density at radius 1 is 0.967 bits per heavy atom. The number of hydrogen-bond donors (Lipinski definition) is 1. The highest BCUT2D eigenvalue weighted by molar-refractivity contribution is 5.75. The number of rotatable bonds is 9. The van der Waals surface area contributed by atoms with Crippen molar-refractivity contribution in [2.75, 3.05) is 6.61 Å². The third-order valence-corrected chi connectivity index (χ3v) is 4.52. The van der Waals surface area contributed by atoms with Crippen molar-refractivity contribution in [1.29, 1.82) is 0 Å². The van der Waals surface area contributed by atoms with Crippen molar-refractivity contribution in [3.8, 4) is 5.75 Å². The quantitative estimate of drug-likeness (QED) is 0.589. The van der Waals surface area contributed by atoms with E-state index >= 15 is 0 Å². The lowest BCUT2D eigenvalue weighted by molar-refractivity contribution is -0.121. The van der Waals surface area contributed by atoms with E-state index < -0.39 is 17.2 Å². The molecule has 0 fully saturated rings. The Kier molecular flexibility index (Phi) is 7.21. The first-order valence-corrected chi connectivity index (χ1v) is 9.89.